The van der Waals surface area contributed by atoms with Crippen LogP contribution >= 0.6 is 0 Å². The van der Waals surface area contributed by atoms with Crippen molar-refractivity contribution in [1.29, 1.82) is 0 Å². The summed E-state index contributed by atoms with van der Waals surface area (Å²) in [5.74, 6) is 1.70. The van der Waals surface area contributed by atoms with Gasteiger partial charge in [0.1, 0.15) is 5.78 Å². The van der Waals surface area contributed by atoms with Crippen LogP contribution in [0.1, 0.15) is 95.6 Å². The number of alkyl halides is 3. The number of aliphatic imine (C=N–C) groups is 1. The zero-order valence-corrected chi connectivity index (χ0v) is 22.5. The molecule has 6 atom stereocenters. The van der Waals surface area contributed by atoms with Gasteiger partial charge >= 0.3 is 6.18 Å². The molecule has 0 bridgehead atoms. The van der Waals surface area contributed by atoms with Crippen molar-refractivity contribution in [1.82, 2.24) is 5.32 Å². The molecule has 0 radical (unpaired) electrons. The Kier molecular flexibility index (Phi) is 6.12. The fourth-order valence-corrected chi connectivity index (χ4v) is 9.40. The quantitative estimate of drug-likeness (QED) is 0.466. The summed E-state index contributed by atoms with van der Waals surface area (Å²) in [7, 11) is 0. The molecule has 1 unspecified atom stereocenters. The van der Waals surface area contributed by atoms with Crippen LogP contribution in [0.5, 0.6) is 0 Å². The Bertz CT molecular complexity index is 1150. The topological polar surface area (TPSA) is 58.5 Å². The van der Waals surface area contributed by atoms with Crippen molar-refractivity contribution in [3.63, 3.8) is 0 Å². The Balaban J connectivity index is 1.22. The standard InChI is InChI=1S/C31H39F3N2O2/c1-28-16-12-24-22(18-35-26-17-21(37)11-15-29(24,26)2)23(28)9-10-25(28)27(38)36-30(13-3-4-14-30)19-5-7-20(8-6-19)31(32,33)34/h5-8,22-25H,3-4,9-18H2,1-2H3,(H,36,38)/t22-,23-,24+,25?,28-,29+/m0/s1. The van der Waals surface area contributed by atoms with Crippen molar-refractivity contribution in [2.45, 2.75) is 96.2 Å². The van der Waals surface area contributed by atoms with Crippen molar-refractivity contribution >= 4 is 17.4 Å². The van der Waals surface area contributed by atoms with Gasteiger partial charge in [-0.15, -0.1) is 0 Å². The second-order valence-electron chi connectivity index (χ2n) is 13.3. The number of benzene rings is 1. The van der Waals surface area contributed by atoms with E-state index in [-0.39, 0.29) is 22.7 Å². The molecule has 7 heteroatoms. The first-order chi connectivity index (χ1) is 18.0. The fourth-order valence-electron chi connectivity index (χ4n) is 9.40. The third-order valence-corrected chi connectivity index (χ3v) is 11.6. The van der Waals surface area contributed by atoms with E-state index in [9.17, 15) is 22.8 Å². The summed E-state index contributed by atoms with van der Waals surface area (Å²) in [6.45, 7) is 5.40. The molecule has 38 heavy (non-hydrogen) atoms. The molecule has 1 aromatic rings. The fraction of sp³-hybridized carbons (Fsp3) is 0.710. The molecule has 1 amide bonds. The van der Waals surface area contributed by atoms with Gasteiger partial charge in [0.2, 0.25) is 5.91 Å². The summed E-state index contributed by atoms with van der Waals surface area (Å²) >= 11 is 0. The van der Waals surface area contributed by atoms with Crippen LogP contribution in [0.2, 0.25) is 0 Å². The Morgan fingerprint density at radius 1 is 0.974 bits per heavy atom. The van der Waals surface area contributed by atoms with Crippen LogP contribution in [-0.4, -0.2) is 23.9 Å². The van der Waals surface area contributed by atoms with Gasteiger partial charge < -0.3 is 5.32 Å². The highest BCUT2D eigenvalue weighted by atomic mass is 19.4. The van der Waals surface area contributed by atoms with E-state index in [1.54, 1.807) is 12.1 Å². The molecule has 4 nitrogen and oxygen atoms in total. The Hall–Kier alpha value is -2.18. The molecule has 0 spiro atoms. The van der Waals surface area contributed by atoms with Gasteiger partial charge in [-0.2, -0.15) is 13.2 Å². The third-order valence-electron chi connectivity index (χ3n) is 11.6. The van der Waals surface area contributed by atoms with Gasteiger partial charge in [0.15, 0.2) is 0 Å². The van der Waals surface area contributed by atoms with Crippen molar-refractivity contribution in [3.8, 4) is 0 Å². The number of fused-ring (bicyclic) bond motifs is 5. The van der Waals surface area contributed by atoms with E-state index in [1.807, 2.05) is 0 Å². The number of carbonyl (C=O) groups is 2. The second-order valence-corrected chi connectivity index (χ2v) is 13.3. The summed E-state index contributed by atoms with van der Waals surface area (Å²) in [4.78, 5) is 31.1. The number of nitrogens with one attached hydrogen (secondary N) is 1. The van der Waals surface area contributed by atoms with E-state index in [4.69, 9.17) is 4.99 Å². The van der Waals surface area contributed by atoms with Gasteiger partial charge in [0.05, 0.1) is 11.1 Å². The number of hydrogen-bond acceptors (Lipinski definition) is 3. The zero-order valence-electron chi connectivity index (χ0n) is 22.5. The number of hydrogen-bond donors (Lipinski definition) is 1. The second kappa shape index (κ2) is 8.92. The van der Waals surface area contributed by atoms with Gasteiger partial charge in [0.25, 0.3) is 0 Å². The minimum absolute atomic E-state index is 0.00891. The summed E-state index contributed by atoms with van der Waals surface area (Å²) in [6, 6.07) is 5.41. The normalized spacial score (nSPS) is 38.1. The number of rotatable bonds is 3. The Labute approximate surface area is 223 Å². The minimum Gasteiger partial charge on any atom is -0.346 e. The van der Waals surface area contributed by atoms with Crippen LogP contribution in [0, 0.1) is 34.5 Å². The summed E-state index contributed by atoms with van der Waals surface area (Å²) in [6.07, 6.45) is 5.06. The first-order valence-electron chi connectivity index (χ1n) is 14.5. The molecule has 6 rings (SSSR count). The average Bonchev–Trinajstić information content (AvgIpc) is 3.49. The van der Waals surface area contributed by atoms with E-state index in [0.717, 1.165) is 87.7 Å². The Morgan fingerprint density at radius 2 is 1.68 bits per heavy atom. The van der Waals surface area contributed by atoms with Gasteiger partial charge in [-0.25, -0.2) is 0 Å². The van der Waals surface area contributed by atoms with Crippen LogP contribution in [0.25, 0.3) is 0 Å². The zero-order chi connectivity index (χ0) is 26.9. The SMILES string of the molecule is C[C@]12CCC(=O)CC1=NC[C@@H]1[C@H]2CC[C@]2(C)C(C(=O)NC3(c4ccc(C(F)(F)F)cc4)CCCC3)CC[C@@H]12. The average molecular weight is 529 g/mol. The van der Waals surface area contributed by atoms with Crippen molar-refractivity contribution in [3.05, 3.63) is 35.4 Å². The largest absolute Gasteiger partial charge is 0.416 e. The van der Waals surface area contributed by atoms with Gasteiger partial charge in [-0.05, 0) is 85.8 Å². The number of carbonyl (C=O) groups excluding carboxylic acids is 2. The predicted molar refractivity (Wildman–Crippen MR) is 140 cm³/mol. The maximum absolute atomic E-state index is 14.0. The van der Waals surface area contributed by atoms with Gasteiger partial charge in [-0.1, -0.05) is 38.8 Å². The van der Waals surface area contributed by atoms with Crippen LogP contribution < -0.4 is 5.32 Å². The predicted octanol–water partition coefficient (Wildman–Crippen LogP) is 6.86. The highest BCUT2D eigenvalue weighted by Crippen LogP contribution is 2.64. The molecule has 206 valence electrons. The summed E-state index contributed by atoms with van der Waals surface area (Å²) in [5, 5.41) is 3.41. The maximum Gasteiger partial charge on any atom is 0.416 e. The molecule has 0 saturated heterocycles. The molecule has 4 aliphatic carbocycles. The van der Waals surface area contributed by atoms with Crippen LogP contribution in [0.3, 0.4) is 0 Å². The summed E-state index contributed by atoms with van der Waals surface area (Å²) in [5.41, 5.74) is 0.574. The molecule has 1 aliphatic heterocycles. The number of ketones is 1. The number of Topliss-reactive ketones (excluding diaryl/α,β-unsaturated/α-hetero) is 1. The first-order valence-corrected chi connectivity index (χ1v) is 14.5. The molecule has 1 aromatic carbocycles. The minimum atomic E-state index is -4.37. The molecule has 4 saturated carbocycles. The smallest absolute Gasteiger partial charge is 0.346 e. The molecule has 0 aromatic heterocycles. The molecule has 4 fully saturated rings. The van der Waals surface area contributed by atoms with Crippen molar-refractivity contribution < 1.29 is 22.8 Å². The first kappa shape index (κ1) is 26.1. The van der Waals surface area contributed by atoms with E-state index in [0.29, 0.717) is 36.4 Å². The van der Waals surface area contributed by atoms with Gasteiger partial charge in [-0.3, -0.25) is 14.6 Å². The third kappa shape index (κ3) is 3.97. The lowest BCUT2D eigenvalue weighted by Crippen LogP contribution is -2.56. The Morgan fingerprint density at radius 3 is 2.37 bits per heavy atom. The van der Waals surface area contributed by atoms with Crippen LogP contribution in [0.4, 0.5) is 13.2 Å². The number of amides is 1. The van der Waals surface area contributed by atoms with E-state index >= 15 is 0 Å². The van der Waals surface area contributed by atoms with E-state index in [2.05, 4.69) is 19.2 Å². The molecule has 5 aliphatic rings. The number of halogens is 3. The van der Waals surface area contributed by atoms with Crippen molar-refractivity contribution in [2.24, 2.45) is 39.5 Å². The molecular weight excluding hydrogens is 489 g/mol. The number of nitrogens with zero attached hydrogens (tertiary/aromatic N) is 1. The maximum atomic E-state index is 14.0. The van der Waals surface area contributed by atoms with Crippen molar-refractivity contribution in [2.75, 3.05) is 6.54 Å². The lowest BCUT2D eigenvalue weighted by atomic mass is 9.49. The van der Waals surface area contributed by atoms with Crippen LogP contribution in [-0.2, 0) is 21.3 Å². The molecule has 1 N–H and O–H groups in total. The summed E-state index contributed by atoms with van der Waals surface area (Å²) < 4.78 is 39.5. The molecular formula is C31H39F3N2O2. The van der Waals surface area contributed by atoms with E-state index < -0.39 is 17.3 Å². The van der Waals surface area contributed by atoms with Crippen LogP contribution in [0.15, 0.2) is 29.3 Å². The highest BCUT2D eigenvalue weighted by molar-refractivity contribution is 6.07. The molecule has 1 heterocycles. The van der Waals surface area contributed by atoms with Gasteiger partial charge in [0, 0.05) is 36.4 Å². The lowest BCUT2D eigenvalue weighted by Gasteiger charge is -2.56. The van der Waals surface area contributed by atoms with E-state index in [1.165, 1.54) is 0 Å². The lowest BCUT2D eigenvalue weighted by molar-refractivity contribution is -0.137. The highest BCUT2D eigenvalue weighted by Gasteiger charge is 2.61. The monoisotopic (exact) mass is 528 g/mol.